The summed E-state index contributed by atoms with van der Waals surface area (Å²) in [6.45, 7) is 0.0425. The Labute approximate surface area is 115 Å². The maximum Gasteiger partial charge on any atom is 0.449 e. The van der Waals surface area contributed by atoms with Crippen LogP contribution in [0.2, 0.25) is 0 Å². The monoisotopic (exact) mass is 346 g/mol. The first-order chi connectivity index (χ1) is 8.69. The zero-order chi connectivity index (χ0) is 14.3. The minimum absolute atomic E-state index is 0.0425. The van der Waals surface area contributed by atoms with Gasteiger partial charge in [-0.25, -0.2) is 13.8 Å². The Kier molecular flexibility index (Phi) is 3.90. The second-order valence-corrected chi connectivity index (χ2v) is 5.95. The quantitative estimate of drug-likeness (QED) is 0.582. The van der Waals surface area contributed by atoms with Gasteiger partial charge in [0.1, 0.15) is 0 Å². The zero-order valence-corrected chi connectivity index (χ0v) is 11.4. The summed E-state index contributed by atoms with van der Waals surface area (Å²) in [5.41, 5.74) is 0. The highest BCUT2D eigenvalue weighted by atomic mass is 79.9. The van der Waals surface area contributed by atoms with E-state index in [-0.39, 0.29) is 31.7 Å². The molecule has 1 saturated carbocycles. The maximum atomic E-state index is 13.1. The number of imidazole rings is 1. The van der Waals surface area contributed by atoms with Gasteiger partial charge in [0.25, 0.3) is 0 Å². The molecule has 0 saturated heterocycles. The molecule has 2 unspecified atom stereocenters. The molecule has 0 bridgehead atoms. The molecule has 0 aliphatic heterocycles. The van der Waals surface area contributed by atoms with Crippen molar-refractivity contribution in [3.8, 4) is 0 Å². The van der Waals surface area contributed by atoms with E-state index in [1.165, 1.54) is 6.20 Å². The number of hydrogen-bond acceptors (Lipinski definition) is 1. The molecule has 0 spiro atoms. The molecule has 0 amide bonds. The first-order valence-corrected chi connectivity index (χ1v) is 6.71. The Bertz CT molecular complexity index is 443. The van der Waals surface area contributed by atoms with Crippen molar-refractivity contribution in [1.82, 2.24) is 9.55 Å². The Morgan fingerprint density at radius 3 is 2.68 bits per heavy atom. The minimum atomic E-state index is -4.52. The fraction of sp³-hybridized carbons (Fsp3) is 0.727. The molecule has 1 aromatic heterocycles. The Balaban J connectivity index is 2.09. The van der Waals surface area contributed by atoms with Gasteiger partial charge in [0, 0.05) is 36.6 Å². The second kappa shape index (κ2) is 5.03. The molecule has 8 heteroatoms. The molecule has 0 N–H and O–H groups in total. The first kappa shape index (κ1) is 14.7. The van der Waals surface area contributed by atoms with E-state index in [9.17, 15) is 22.0 Å². The minimum Gasteiger partial charge on any atom is -0.327 e. The van der Waals surface area contributed by atoms with E-state index >= 15 is 0 Å². The molecule has 1 aliphatic rings. The van der Waals surface area contributed by atoms with Gasteiger partial charge in [-0.05, 0) is 12.3 Å². The fourth-order valence-corrected chi connectivity index (χ4v) is 3.21. The van der Waals surface area contributed by atoms with Crippen LogP contribution in [0, 0.1) is 5.92 Å². The van der Waals surface area contributed by atoms with Crippen LogP contribution in [0.3, 0.4) is 0 Å². The van der Waals surface area contributed by atoms with E-state index in [4.69, 9.17) is 0 Å². The van der Waals surface area contributed by atoms with Crippen LogP contribution in [-0.4, -0.2) is 20.3 Å². The van der Waals surface area contributed by atoms with Crippen molar-refractivity contribution >= 4 is 15.9 Å². The van der Waals surface area contributed by atoms with E-state index < -0.39 is 22.8 Å². The van der Waals surface area contributed by atoms with Gasteiger partial charge in [-0.1, -0.05) is 15.9 Å². The molecule has 2 nitrogen and oxygen atoms in total. The van der Waals surface area contributed by atoms with Gasteiger partial charge >= 0.3 is 6.18 Å². The molecule has 1 aromatic rings. The molecule has 108 valence electrons. The smallest absolute Gasteiger partial charge is 0.327 e. The average molecular weight is 347 g/mol. The van der Waals surface area contributed by atoms with Gasteiger partial charge in [-0.2, -0.15) is 13.2 Å². The number of halogens is 6. The van der Waals surface area contributed by atoms with Crippen LogP contribution in [0.1, 0.15) is 25.1 Å². The van der Waals surface area contributed by atoms with Crippen LogP contribution in [0.4, 0.5) is 22.0 Å². The summed E-state index contributed by atoms with van der Waals surface area (Å²) < 4.78 is 65.2. The summed E-state index contributed by atoms with van der Waals surface area (Å²) in [6, 6.07) is 0. The summed E-state index contributed by atoms with van der Waals surface area (Å²) in [4.78, 5) is 2.79. The van der Waals surface area contributed by atoms with E-state index in [2.05, 4.69) is 20.9 Å². The van der Waals surface area contributed by atoms with Crippen LogP contribution in [0.25, 0.3) is 0 Å². The number of alkyl halides is 6. The zero-order valence-electron chi connectivity index (χ0n) is 9.80. The van der Waals surface area contributed by atoms with Crippen LogP contribution in [-0.2, 0) is 12.7 Å². The molecule has 0 aromatic carbocycles. The van der Waals surface area contributed by atoms with Gasteiger partial charge in [0.2, 0.25) is 11.7 Å². The lowest BCUT2D eigenvalue weighted by Crippen LogP contribution is -2.35. The average Bonchev–Trinajstić information content (AvgIpc) is 2.69. The lowest BCUT2D eigenvalue weighted by Gasteiger charge is -2.33. The fourth-order valence-electron chi connectivity index (χ4n) is 2.30. The Morgan fingerprint density at radius 2 is 2.11 bits per heavy atom. The third kappa shape index (κ3) is 3.46. The van der Waals surface area contributed by atoms with Crippen molar-refractivity contribution in [2.75, 3.05) is 0 Å². The normalized spacial score (nSPS) is 27.5. The molecule has 1 fully saturated rings. The number of aromatic nitrogens is 2. The van der Waals surface area contributed by atoms with E-state index in [0.717, 1.165) is 10.8 Å². The molecular formula is C11H12BrF5N2. The summed E-state index contributed by atoms with van der Waals surface area (Å²) in [5.74, 6) is -3.97. The molecule has 2 rings (SSSR count). The van der Waals surface area contributed by atoms with E-state index in [1.807, 2.05) is 0 Å². The van der Waals surface area contributed by atoms with Gasteiger partial charge in [0.05, 0.1) is 0 Å². The van der Waals surface area contributed by atoms with Crippen molar-refractivity contribution < 1.29 is 22.0 Å². The molecule has 1 heterocycles. The van der Waals surface area contributed by atoms with Crippen LogP contribution in [0.15, 0.2) is 12.4 Å². The highest BCUT2D eigenvalue weighted by Crippen LogP contribution is 2.41. The van der Waals surface area contributed by atoms with E-state index in [1.54, 1.807) is 0 Å². The predicted molar refractivity (Wildman–Crippen MR) is 62.2 cm³/mol. The summed E-state index contributed by atoms with van der Waals surface area (Å²) in [5, 5.41) is 0. The highest BCUT2D eigenvalue weighted by molar-refractivity contribution is 9.09. The first-order valence-electron chi connectivity index (χ1n) is 5.79. The third-order valence-electron chi connectivity index (χ3n) is 3.29. The van der Waals surface area contributed by atoms with Gasteiger partial charge in [-0.3, -0.25) is 0 Å². The van der Waals surface area contributed by atoms with Crippen LogP contribution >= 0.6 is 15.9 Å². The molecular weight excluding hydrogens is 335 g/mol. The molecule has 2 atom stereocenters. The van der Waals surface area contributed by atoms with Crippen LogP contribution < -0.4 is 0 Å². The summed E-state index contributed by atoms with van der Waals surface area (Å²) in [6.07, 6.45) is -2.65. The van der Waals surface area contributed by atoms with Crippen molar-refractivity contribution in [2.24, 2.45) is 5.92 Å². The number of hydrogen-bond donors (Lipinski definition) is 0. The van der Waals surface area contributed by atoms with Gasteiger partial charge in [0.15, 0.2) is 0 Å². The van der Waals surface area contributed by atoms with Gasteiger partial charge in [-0.15, -0.1) is 0 Å². The van der Waals surface area contributed by atoms with Gasteiger partial charge < -0.3 is 4.57 Å². The van der Waals surface area contributed by atoms with Crippen molar-refractivity contribution in [2.45, 2.75) is 42.7 Å². The predicted octanol–water partition coefficient (Wildman–Crippen LogP) is 4.10. The van der Waals surface area contributed by atoms with Crippen molar-refractivity contribution in [3.05, 3.63) is 18.2 Å². The molecule has 0 radical (unpaired) electrons. The topological polar surface area (TPSA) is 17.8 Å². The Morgan fingerprint density at radius 1 is 1.42 bits per heavy atom. The second-order valence-electron chi connectivity index (χ2n) is 4.78. The summed E-state index contributed by atoms with van der Waals surface area (Å²) in [7, 11) is 0. The SMILES string of the molecule is FC1(F)CCC(Cn2ccnc2C(F)(F)F)C(Br)C1. The molecule has 19 heavy (non-hydrogen) atoms. The highest BCUT2D eigenvalue weighted by Gasteiger charge is 2.42. The Hall–Kier alpha value is -0.660. The number of nitrogens with zero attached hydrogens (tertiary/aromatic N) is 2. The largest absolute Gasteiger partial charge is 0.449 e. The third-order valence-corrected chi connectivity index (χ3v) is 4.36. The lowest BCUT2D eigenvalue weighted by molar-refractivity contribution is -0.147. The van der Waals surface area contributed by atoms with E-state index in [0.29, 0.717) is 0 Å². The molecule has 1 aliphatic carbocycles. The maximum absolute atomic E-state index is 13.1. The van der Waals surface area contributed by atoms with Crippen molar-refractivity contribution in [1.29, 1.82) is 0 Å². The number of rotatable bonds is 2. The lowest BCUT2D eigenvalue weighted by atomic mass is 9.86. The van der Waals surface area contributed by atoms with Crippen LogP contribution in [0.5, 0.6) is 0 Å². The summed E-state index contributed by atoms with van der Waals surface area (Å²) >= 11 is 3.16. The standard InChI is InChI=1S/C11H12BrF5N2/c12-8-5-10(13,14)2-1-7(8)6-19-4-3-18-9(19)11(15,16)17/h3-4,7-8H,1-2,5-6H2. The van der Waals surface area contributed by atoms with Crippen molar-refractivity contribution in [3.63, 3.8) is 0 Å².